The van der Waals surface area contributed by atoms with Gasteiger partial charge in [-0.05, 0) is 44.4 Å². The van der Waals surface area contributed by atoms with Gasteiger partial charge in [-0.25, -0.2) is 4.79 Å². The number of carbonyl (C=O) groups excluding carboxylic acids is 2. The first-order valence-electron chi connectivity index (χ1n) is 8.03. The Labute approximate surface area is 142 Å². The van der Waals surface area contributed by atoms with Crippen molar-refractivity contribution in [1.29, 1.82) is 0 Å². The molecule has 1 saturated heterocycles. The molecule has 0 unspecified atom stereocenters. The van der Waals surface area contributed by atoms with Crippen molar-refractivity contribution in [1.82, 2.24) is 15.5 Å². The Bertz CT molecular complexity index is 537. The zero-order valence-electron chi connectivity index (χ0n) is 13.6. The number of nitrogens with one attached hydrogen (secondary N) is 2. The highest BCUT2D eigenvalue weighted by Crippen LogP contribution is 2.12. The fraction of sp³-hybridized carbons (Fsp3) is 0.529. The van der Waals surface area contributed by atoms with Crippen LogP contribution >= 0.6 is 11.6 Å². The minimum Gasteiger partial charge on any atom is -0.353 e. The first kappa shape index (κ1) is 17.6. The maximum atomic E-state index is 12.1. The van der Waals surface area contributed by atoms with E-state index in [0.29, 0.717) is 24.5 Å². The summed E-state index contributed by atoms with van der Waals surface area (Å²) in [6.45, 7) is 5.23. The number of hydrogen-bond acceptors (Lipinski definition) is 2. The lowest BCUT2D eigenvalue weighted by Crippen LogP contribution is -2.50. The van der Waals surface area contributed by atoms with Crippen LogP contribution in [0.1, 0.15) is 32.3 Å². The highest BCUT2D eigenvalue weighted by Gasteiger charge is 2.24. The molecule has 6 heteroatoms. The van der Waals surface area contributed by atoms with Gasteiger partial charge < -0.3 is 15.5 Å². The highest BCUT2D eigenvalue weighted by atomic mass is 35.5. The van der Waals surface area contributed by atoms with Gasteiger partial charge in [-0.1, -0.05) is 23.7 Å². The topological polar surface area (TPSA) is 61.4 Å². The molecule has 1 heterocycles. The van der Waals surface area contributed by atoms with Crippen molar-refractivity contribution in [3.63, 3.8) is 0 Å². The third kappa shape index (κ3) is 5.75. The quantitative estimate of drug-likeness (QED) is 0.887. The van der Waals surface area contributed by atoms with E-state index in [1.165, 1.54) is 0 Å². The standard InChI is InChI=1S/C17H24ClN3O2/c1-12(2)19-17(23)21-9-7-15(8-10-21)20-16(22)11-13-3-5-14(18)6-4-13/h3-6,12,15H,7-11H2,1-2H3,(H,19,23)(H,20,22). The number of piperidine rings is 1. The number of carbonyl (C=O) groups is 2. The lowest BCUT2D eigenvalue weighted by Gasteiger charge is -2.33. The maximum absolute atomic E-state index is 12.1. The van der Waals surface area contributed by atoms with Gasteiger partial charge in [-0.2, -0.15) is 0 Å². The van der Waals surface area contributed by atoms with E-state index in [2.05, 4.69) is 10.6 Å². The molecule has 1 aromatic rings. The van der Waals surface area contributed by atoms with E-state index < -0.39 is 0 Å². The van der Waals surface area contributed by atoms with Crippen LogP contribution in [-0.4, -0.2) is 42.0 Å². The van der Waals surface area contributed by atoms with Crippen LogP contribution in [0.2, 0.25) is 5.02 Å². The van der Waals surface area contributed by atoms with E-state index in [1.54, 1.807) is 12.1 Å². The molecular formula is C17H24ClN3O2. The van der Waals surface area contributed by atoms with Crippen LogP contribution in [0.15, 0.2) is 24.3 Å². The second-order valence-electron chi connectivity index (χ2n) is 6.24. The van der Waals surface area contributed by atoms with Crippen LogP contribution in [0.4, 0.5) is 4.79 Å². The Morgan fingerprint density at radius 2 is 1.83 bits per heavy atom. The molecule has 0 bridgehead atoms. The molecule has 1 aromatic carbocycles. The van der Waals surface area contributed by atoms with Crippen molar-refractivity contribution in [2.75, 3.05) is 13.1 Å². The third-order valence-corrected chi connectivity index (χ3v) is 4.09. The predicted octanol–water partition coefficient (Wildman–Crippen LogP) is 2.58. The molecule has 3 amide bonds. The number of likely N-dealkylation sites (tertiary alicyclic amines) is 1. The fourth-order valence-electron chi connectivity index (χ4n) is 2.63. The molecule has 1 aliphatic heterocycles. The normalized spacial score (nSPS) is 15.6. The van der Waals surface area contributed by atoms with Gasteiger partial charge in [0, 0.05) is 30.2 Å². The second-order valence-corrected chi connectivity index (χ2v) is 6.67. The molecule has 0 atom stereocenters. The lowest BCUT2D eigenvalue weighted by atomic mass is 10.0. The van der Waals surface area contributed by atoms with Gasteiger partial charge >= 0.3 is 6.03 Å². The summed E-state index contributed by atoms with van der Waals surface area (Å²) in [5.41, 5.74) is 0.945. The number of urea groups is 1. The van der Waals surface area contributed by atoms with E-state index in [0.717, 1.165) is 18.4 Å². The van der Waals surface area contributed by atoms with Gasteiger partial charge in [-0.15, -0.1) is 0 Å². The zero-order chi connectivity index (χ0) is 16.8. The van der Waals surface area contributed by atoms with E-state index in [4.69, 9.17) is 11.6 Å². The molecule has 1 fully saturated rings. The maximum Gasteiger partial charge on any atom is 0.317 e. The smallest absolute Gasteiger partial charge is 0.317 e. The summed E-state index contributed by atoms with van der Waals surface area (Å²) >= 11 is 5.84. The van der Waals surface area contributed by atoms with E-state index in [-0.39, 0.29) is 24.0 Å². The third-order valence-electron chi connectivity index (χ3n) is 3.84. The predicted molar refractivity (Wildman–Crippen MR) is 91.6 cm³/mol. The van der Waals surface area contributed by atoms with Gasteiger partial charge in [0.25, 0.3) is 0 Å². The molecule has 126 valence electrons. The van der Waals surface area contributed by atoms with Gasteiger partial charge in [-0.3, -0.25) is 4.79 Å². The molecule has 1 aliphatic rings. The van der Waals surface area contributed by atoms with E-state index in [9.17, 15) is 9.59 Å². The summed E-state index contributed by atoms with van der Waals surface area (Å²) in [6, 6.07) is 7.55. The lowest BCUT2D eigenvalue weighted by molar-refractivity contribution is -0.121. The molecule has 0 radical (unpaired) electrons. The van der Waals surface area contributed by atoms with Crippen molar-refractivity contribution in [2.24, 2.45) is 0 Å². The van der Waals surface area contributed by atoms with E-state index >= 15 is 0 Å². The number of halogens is 1. The van der Waals surface area contributed by atoms with Crippen LogP contribution in [0.3, 0.4) is 0 Å². The Morgan fingerprint density at radius 1 is 1.22 bits per heavy atom. The van der Waals surface area contributed by atoms with Crippen LogP contribution in [0.5, 0.6) is 0 Å². The van der Waals surface area contributed by atoms with Gasteiger partial charge in [0.2, 0.25) is 5.91 Å². The number of nitrogens with zero attached hydrogens (tertiary/aromatic N) is 1. The number of benzene rings is 1. The molecule has 5 nitrogen and oxygen atoms in total. The Hall–Kier alpha value is -1.75. The van der Waals surface area contributed by atoms with Crippen LogP contribution in [0, 0.1) is 0 Å². The number of amides is 3. The number of rotatable bonds is 4. The van der Waals surface area contributed by atoms with Gasteiger partial charge in [0.1, 0.15) is 0 Å². The van der Waals surface area contributed by atoms with Gasteiger partial charge in [0.15, 0.2) is 0 Å². The Morgan fingerprint density at radius 3 is 2.39 bits per heavy atom. The van der Waals surface area contributed by atoms with E-state index in [1.807, 2.05) is 30.9 Å². The Kier molecular flexibility index (Phi) is 6.28. The summed E-state index contributed by atoms with van der Waals surface area (Å²) < 4.78 is 0. The molecule has 2 rings (SSSR count). The van der Waals surface area contributed by atoms with Crippen molar-refractivity contribution >= 4 is 23.5 Å². The summed E-state index contributed by atoms with van der Waals surface area (Å²) in [4.78, 5) is 25.8. The summed E-state index contributed by atoms with van der Waals surface area (Å²) in [7, 11) is 0. The molecule has 23 heavy (non-hydrogen) atoms. The molecule has 0 spiro atoms. The average Bonchev–Trinajstić information content (AvgIpc) is 2.49. The number of hydrogen-bond donors (Lipinski definition) is 2. The SMILES string of the molecule is CC(C)NC(=O)N1CCC(NC(=O)Cc2ccc(Cl)cc2)CC1. The van der Waals surface area contributed by atoms with Crippen molar-refractivity contribution in [2.45, 2.75) is 45.2 Å². The molecule has 0 aliphatic carbocycles. The average molecular weight is 338 g/mol. The van der Waals surface area contributed by atoms with Crippen LogP contribution in [0.25, 0.3) is 0 Å². The second kappa shape index (κ2) is 8.20. The van der Waals surface area contributed by atoms with Crippen LogP contribution < -0.4 is 10.6 Å². The molecule has 2 N–H and O–H groups in total. The summed E-state index contributed by atoms with van der Waals surface area (Å²) in [6.07, 6.45) is 1.93. The van der Waals surface area contributed by atoms with Gasteiger partial charge in [0.05, 0.1) is 6.42 Å². The first-order chi connectivity index (χ1) is 10.9. The summed E-state index contributed by atoms with van der Waals surface area (Å²) in [5, 5.41) is 6.61. The molecular weight excluding hydrogens is 314 g/mol. The largest absolute Gasteiger partial charge is 0.353 e. The van der Waals surface area contributed by atoms with Crippen molar-refractivity contribution in [3.05, 3.63) is 34.9 Å². The van der Waals surface area contributed by atoms with Crippen molar-refractivity contribution < 1.29 is 9.59 Å². The Balaban J connectivity index is 1.74. The molecule has 0 saturated carbocycles. The molecule has 0 aromatic heterocycles. The minimum absolute atomic E-state index is 0.0115. The fourth-order valence-corrected chi connectivity index (χ4v) is 2.76. The first-order valence-corrected chi connectivity index (χ1v) is 8.41. The van der Waals surface area contributed by atoms with Crippen molar-refractivity contribution in [3.8, 4) is 0 Å². The van der Waals surface area contributed by atoms with Crippen LogP contribution in [-0.2, 0) is 11.2 Å². The minimum atomic E-state index is -0.0223. The zero-order valence-corrected chi connectivity index (χ0v) is 14.4. The summed E-state index contributed by atoms with van der Waals surface area (Å²) in [5.74, 6) is 0.0115. The monoisotopic (exact) mass is 337 g/mol. The highest BCUT2D eigenvalue weighted by molar-refractivity contribution is 6.30.